The van der Waals surface area contributed by atoms with Gasteiger partial charge >= 0.3 is 6.03 Å². The highest BCUT2D eigenvalue weighted by atomic mass is 16.5. The third-order valence-corrected chi connectivity index (χ3v) is 5.94. The topological polar surface area (TPSA) is 110 Å². The molecule has 190 valence electrons. The summed E-state index contributed by atoms with van der Waals surface area (Å²) in [6, 6.07) is 16.4. The molecule has 38 heavy (non-hydrogen) atoms. The third kappa shape index (κ3) is 5.50. The fourth-order valence-electron chi connectivity index (χ4n) is 3.97. The van der Waals surface area contributed by atoms with Crippen molar-refractivity contribution in [1.82, 2.24) is 25.0 Å². The summed E-state index contributed by atoms with van der Waals surface area (Å²) in [4.78, 5) is 17.2. The molecule has 0 saturated carbocycles. The molecule has 0 atom stereocenters. The highest BCUT2D eigenvalue weighted by Gasteiger charge is 2.15. The maximum Gasteiger partial charge on any atom is 0.324 e. The molecule has 9 nitrogen and oxygen atoms in total. The first-order valence-electron chi connectivity index (χ1n) is 12.2. The molecule has 0 aliphatic rings. The molecule has 0 saturated heterocycles. The van der Waals surface area contributed by atoms with Gasteiger partial charge in [-0.2, -0.15) is 10.2 Å². The van der Waals surface area contributed by atoms with Crippen molar-refractivity contribution in [2.24, 2.45) is 0 Å². The predicted octanol–water partition coefficient (Wildman–Crippen LogP) is 5.51. The number of hydrogen-bond acceptors (Lipinski definition) is 5. The number of aromatic amines is 1. The number of benzene rings is 2. The molecule has 2 amide bonds. The lowest BCUT2D eigenvalue weighted by Crippen LogP contribution is -2.21. The molecule has 0 aliphatic heterocycles. The van der Waals surface area contributed by atoms with Crippen molar-refractivity contribution in [1.29, 1.82) is 0 Å². The number of hydrogen-bond donors (Lipinski definition) is 3. The van der Waals surface area contributed by atoms with Crippen molar-refractivity contribution in [3.8, 4) is 23.3 Å². The molecule has 0 fully saturated rings. The lowest BCUT2D eigenvalue weighted by atomic mass is 10.1. The van der Waals surface area contributed by atoms with E-state index in [0.717, 1.165) is 33.4 Å². The molecule has 0 aliphatic carbocycles. The second-order valence-corrected chi connectivity index (χ2v) is 8.99. The fraction of sp³-hybridized carbons (Fsp3) is 0.172. The lowest BCUT2D eigenvalue weighted by molar-refractivity contribution is 0.262. The molecule has 9 heteroatoms. The molecule has 5 aromatic rings. The molecular weight excluding hydrogens is 478 g/mol. The van der Waals surface area contributed by atoms with Gasteiger partial charge in [-0.05, 0) is 41.8 Å². The number of ether oxygens (including phenoxy) is 1. The molecular formula is C29H27N7O2. The summed E-state index contributed by atoms with van der Waals surface area (Å²) in [5.74, 6) is 7.80. The highest BCUT2D eigenvalue weighted by Crippen LogP contribution is 2.24. The summed E-state index contributed by atoms with van der Waals surface area (Å²) in [7, 11) is 1.61. The Morgan fingerprint density at radius 2 is 1.95 bits per heavy atom. The van der Waals surface area contributed by atoms with Gasteiger partial charge in [-0.25, -0.2) is 9.48 Å². The van der Waals surface area contributed by atoms with E-state index in [9.17, 15) is 4.79 Å². The molecule has 3 heterocycles. The second-order valence-electron chi connectivity index (χ2n) is 8.99. The average Bonchev–Trinajstić information content (AvgIpc) is 3.57. The Hall–Kier alpha value is -5.10. The van der Waals surface area contributed by atoms with Crippen LogP contribution in [0.25, 0.3) is 16.6 Å². The van der Waals surface area contributed by atoms with E-state index in [-0.39, 0.29) is 11.9 Å². The van der Waals surface area contributed by atoms with E-state index in [4.69, 9.17) is 9.84 Å². The number of fused-ring (bicyclic) bond motifs is 1. The Morgan fingerprint density at radius 3 is 2.79 bits per heavy atom. The van der Waals surface area contributed by atoms with E-state index < -0.39 is 0 Å². The Labute approximate surface area is 220 Å². The van der Waals surface area contributed by atoms with Crippen molar-refractivity contribution in [2.75, 3.05) is 17.7 Å². The first kappa shape index (κ1) is 24.6. The van der Waals surface area contributed by atoms with Crippen LogP contribution in [0.5, 0.6) is 5.75 Å². The number of carbonyl (C=O) groups excluding carboxylic acids is 1. The van der Waals surface area contributed by atoms with Gasteiger partial charge in [0.1, 0.15) is 11.6 Å². The molecule has 0 unspecified atom stereocenters. The number of amides is 2. The van der Waals surface area contributed by atoms with Crippen LogP contribution < -0.4 is 15.4 Å². The van der Waals surface area contributed by atoms with Crippen molar-refractivity contribution in [2.45, 2.75) is 26.2 Å². The van der Waals surface area contributed by atoms with Gasteiger partial charge in [0.05, 0.1) is 36.4 Å². The van der Waals surface area contributed by atoms with Crippen LogP contribution in [0.2, 0.25) is 0 Å². The van der Waals surface area contributed by atoms with Crippen LogP contribution >= 0.6 is 0 Å². The Bertz CT molecular complexity index is 1660. The summed E-state index contributed by atoms with van der Waals surface area (Å²) in [5, 5.41) is 18.5. The predicted molar refractivity (Wildman–Crippen MR) is 148 cm³/mol. The number of methoxy groups -OCH3 is 1. The largest absolute Gasteiger partial charge is 0.497 e. The third-order valence-electron chi connectivity index (χ3n) is 5.94. The smallest absolute Gasteiger partial charge is 0.324 e. The van der Waals surface area contributed by atoms with Gasteiger partial charge in [-0.15, -0.1) is 0 Å². The monoisotopic (exact) mass is 505 g/mol. The maximum atomic E-state index is 12.9. The normalized spacial score (nSPS) is 10.7. The maximum absolute atomic E-state index is 12.9. The number of rotatable bonds is 6. The van der Waals surface area contributed by atoms with E-state index in [1.165, 1.54) is 0 Å². The Balaban J connectivity index is 1.30. The number of aromatic nitrogens is 5. The van der Waals surface area contributed by atoms with E-state index >= 15 is 0 Å². The molecule has 5 rings (SSSR count). The number of H-pyrrole nitrogens is 1. The minimum atomic E-state index is -0.382. The molecule has 0 spiro atoms. The zero-order valence-corrected chi connectivity index (χ0v) is 21.3. The van der Waals surface area contributed by atoms with Gasteiger partial charge in [0, 0.05) is 41.4 Å². The number of carbonyl (C=O) groups is 1. The molecule has 3 aromatic heterocycles. The van der Waals surface area contributed by atoms with Crippen molar-refractivity contribution in [3.63, 3.8) is 0 Å². The molecule has 0 bridgehead atoms. The summed E-state index contributed by atoms with van der Waals surface area (Å²) >= 11 is 0. The van der Waals surface area contributed by atoms with Gasteiger partial charge in [0.15, 0.2) is 0 Å². The molecule has 0 radical (unpaired) electrons. The first-order chi connectivity index (χ1) is 18.5. The highest BCUT2D eigenvalue weighted by molar-refractivity contribution is 5.99. The van der Waals surface area contributed by atoms with Crippen LogP contribution in [-0.2, 0) is 6.42 Å². The number of nitrogens with one attached hydrogen (secondary N) is 3. The molecule has 2 aromatic carbocycles. The number of anilines is 2. The first-order valence-corrected chi connectivity index (χ1v) is 12.2. The lowest BCUT2D eigenvalue weighted by Gasteiger charge is -2.11. The van der Waals surface area contributed by atoms with Crippen LogP contribution in [0.1, 0.15) is 36.6 Å². The zero-order chi connectivity index (χ0) is 26.5. The van der Waals surface area contributed by atoms with Gasteiger partial charge in [0.2, 0.25) is 0 Å². The minimum Gasteiger partial charge on any atom is -0.497 e. The van der Waals surface area contributed by atoms with Crippen LogP contribution in [-0.4, -0.2) is 38.1 Å². The van der Waals surface area contributed by atoms with Gasteiger partial charge in [-0.1, -0.05) is 37.8 Å². The van der Waals surface area contributed by atoms with Crippen molar-refractivity contribution in [3.05, 3.63) is 90.0 Å². The van der Waals surface area contributed by atoms with Crippen LogP contribution in [0.15, 0.2) is 73.2 Å². The number of urea groups is 1. The van der Waals surface area contributed by atoms with Crippen molar-refractivity contribution >= 4 is 28.4 Å². The zero-order valence-electron chi connectivity index (χ0n) is 21.3. The van der Waals surface area contributed by atoms with Gasteiger partial charge < -0.3 is 10.1 Å². The Kier molecular flexibility index (Phi) is 7.04. The molecule has 3 N–H and O–H groups in total. The average molecular weight is 506 g/mol. The van der Waals surface area contributed by atoms with Gasteiger partial charge in [-0.3, -0.25) is 15.4 Å². The number of pyridine rings is 1. The van der Waals surface area contributed by atoms with E-state index in [1.54, 1.807) is 30.4 Å². The summed E-state index contributed by atoms with van der Waals surface area (Å²) in [6.45, 7) is 4.11. The van der Waals surface area contributed by atoms with E-state index in [1.807, 2.05) is 54.6 Å². The van der Waals surface area contributed by atoms with E-state index in [0.29, 0.717) is 23.7 Å². The Morgan fingerprint density at radius 1 is 1.08 bits per heavy atom. The van der Waals surface area contributed by atoms with Crippen LogP contribution in [0, 0.1) is 11.8 Å². The standard InChI is InChI=1S/C29H27N7O2/c1-19(2)26-15-28(36(35-26)23-11-6-12-24(14-23)38-3)33-29(37)32-22-10-5-8-20(13-22)7-4-9-21-16-30-18-27-25(21)17-31-34-27/h5-6,8,10-19H,9H2,1-3H3,(H,31,34)(H2,32,33,37). The number of nitrogens with zero attached hydrogens (tertiary/aromatic N) is 4. The summed E-state index contributed by atoms with van der Waals surface area (Å²) in [6.07, 6.45) is 5.86. The SMILES string of the molecule is COc1cccc(-n2nc(C(C)C)cc2NC(=O)Nc2cccc(C#CCc3cncc4[nH]ncc34)c2)c1. The van der Waals surface area contributed by atoms with Gasteiger partial charge in [0.25, 0.3) is 0 Å². The summed E-state index contributed by atoms with van der Waals surface area (Å²) < 4.78 is 7.05. The summed E-state index contributed by atoms with van der Waals surface area (Å²) in [5.41, 5.74) is 4.95. The van der Waals surface area contributed by atoms with Crippen LogP contribution in [0.3, 0.4) is 0 Å². The van der Waals surface area contributed by atoms with E-state index in [2.05, 4.69) is 51.5 Å². The quantitative estimate of drug-likeness (QED) is 0.264. The minimum absolute atomic E-state index is 0.192. The second kappa shape index (κ2) is 10.9. The van der Waals surface area contributed by atoms with Crippen LogP contribution in [0.4, 0.5) is 16.3 Å². The van der Waals surface area contributed by atoms with Crippen molar-refractivity contribution < 1.29 is 9.53 Å². The fourth-order valence-corrected chi connectivity index (χ4v) is 3.97.